The van der Waals surface area contributed by atoms with Crippen LogP contribution < -0.4 is 0 Å². The summed E-state index contributed by atoms with van der Waals surface area (Å²) < 4.78 is 2.00. The van der Waals surface area contributed by atoms with Gasteiger partial charge >= 0.3 is 5.97 Å². The summed E-state index contributed by atoms with van der Waals surface area (Å²) in [6.45, 7) is 0.872. The smallest absolute Gasteiger partial charge is 0.335 e. The van der Waals surface area contributed by atoms with Crippen LogP contribution in [-0.4, -0.2) is 31.6 Å². The molecule has 0 bridgehead atoms. The van der Waals surface area contributed by atoms with Crippen LogP contribution >= 0.6 is 24.2 Å². The van der Waals surface area contributed by atoms with E-state index in [0.29, 0.717) is 0 Å². The molecule has 0 aliphatic carbocycles. The van der Waals surface area contributed by atoms with Crippen molar-refractivity contribution in [2.24, 2.45) is 0 Å². The lowest BCUT2D eigenvalue weighted by Crippen LogP contribution is -1.98. The molecular weight excluding hydrogens is 346 g/mol. The molecule has 0 amide bonds. The molecule has 4 rings (SSSR count). The Morgan fingerprint density at radius 1 is 1.17 bits per heavy atom. The van der Waals surface area contributed by atoms with Crippen molar-refractivity contribution in [2.75, 3.05) is 5.75 Å². The van der Waals surface area contributed by atoms with Gasteiger partial charge in [0.1, 0.15) is 10.7 Å². The van der Waals surface area contributed by atoms with Gasteiger partial charge < -0.3 is 5.11 Å². The molecule has 3 aromatic rings. The number of rotatable bonds is 3. The number of carboxylic acid groups (broad SMARTS) is 1. The highest BCUT2D eigenvalue weighted by molar-refractivity contribution is 7.99. The van der Waals surface area contributed by atoms with E-state index in [9.17, 15) is 9.90 Å². The largest absolute Gasteiger partial charge is 0.478 e. The number of nitrogens with zero attached hydrogens (tertiary/aromatic N) is 3. The van der Waals surface area contributed by atoms with Gasteiger partial charge in [-0.15, -0.1) is 24.2 Å². The first-order valence-electron chi connectivity index (χ1n) is 7.22. The van der Waals surface area contributed by atoms with E-state index in [1.807, 2.05) is 22.9 Å². The minimum atomic E-state index is -0.932. The zero-order valence-corrected chi connectivity index (χ0v) is 14.2. The van der Waals surface area contributed by atoms with Gasteiger partial charge in [-0.1, -0.05) is 12.1 Å². The average Bonchev–Trinajstić information content (AvgIpc) is 3.16. The lowest BCUT2D eigenvalue weighted by Gasteiger charge is -2.05. The third-order valence-corrected chi connectivity index (χ3v) is 4.87. The number of carboxylic acids is 1. The summed E-state index contributed by atoms with van der Waals surface area (Å²) in [6.07, 6.45) is 3.52. The molecule has 0 saturated carbocycles. The van der Waals surface area contributed by atoms with Crippen molar-refractivity contribution < 1.29 is 9.90 Å². The molecule has 1 aromatic carbocycles. The normalized spacial score (nSPS) is 12.5. The first-order chi connectivity index (χ1) is 11.2. The van der Waals surface area contributed by atoms with Crippen LogP contribution in [0.15, 0.2) is 53.8 Å². The van der Waals surface area contributed by atoms with E-state index in [2.05, 4.69) is 4.98 Å². The minimum absolute atomic E-state index is 0. The number of thioether (sulfide) groups is 1. The monoisotopic (exact) mass is 359 g/mol. The molecule has 1 aliphatic rings. The van der Waals surface area contributed by atoms with E-state index in [0.717, 1.165) is 39.7 Å². The van der Waals surface area contributed by atoms with E-state index < -0.39 is 5.97 Å². The summed E-state index contributed by atoms with van der Waals surface area (Å²) >= 11 is 1.78. The lowest BCUT2D eigenvalue weighted by atomic mass is 10.0. The second-order valence-corrected chi connectivity index (χ2v) is 6.31. The molecule has 0 spiro atoms. The maximum Gasteiger partial charge on any atom is 0.335 e. The maximum absolute atomic E-state index is 11.2. The first-order valence-corrected chi connectivity index (χ1v) is 8.20. The number of fused-ring (bicyclic) bond motifs is 1. The zero-order chi connectivity index (χ0) is 15.8. The van der Waals surface area contributed by atoms with Crippen molar-refractivity contribution in [1.29, 1.82) is 0 Å². The molecule has 2 aromatic heterocycles. The Morgan fingerprint density at radius 3 is 2.71 bits per heavy atom. The fourth-order valence-electron chi connectivity index (χ4n) is 2.75. The maximum atomic E-state index is 11.2. The highest BCUT2D eigenvalue weighted by Crippen LogP contribution is 2.42. The van der Waals surface area contributed by atoms with Crippen molar-refractivity contribution in [1.82, 2.24) is 14.8 Å². The van der Waals surface area contributed by atoms with Crippen LogP contribution in [0.5, 0.6) is 0 Å². The molecule has 0 saturated heterocycles. The molecule has 24 heavy (non-hydrogen) atoms. The van der Waals surface area contributed by atoms with Crippen molar-refractivity contribution in [3.63, 3.8) is 0 Å². The summed E-state index contributed by atoms with van der Waals surface area (Å²) in [7, 11) is 0. The predicted molar refractivity (Wildman–Crippen MR) is 95.8 cm³/mol. The fraction of sp³-hybridized carbons (Fsp3) is 0.118. The Balaban J connectivity index is 0.00000169. The molecule has 122 valence electrons. The summed E-state index contributed by atoms with van der Waals surface area (Å²) in [4.78, 5) is 15.3. The van der Waals surface area contributed by atoms with Crippen LogP contribution in [-0.2, 0) is 6.54 Å². The summed E-state index contributed by atoms with van der Waals surface area (Å²) in [5.74, 6) is 0.0778. The number of carbonyl (C=O) groups is 1. The van der Waals surface area contributed by atoms with Crippen LogP contribution in [0.3, 0.4) is 0 Å². The molecule has 5 nitrogen and oxygen atoms in total. The Kier molecular flexibility index (Phi) is 4.59. The van der Waals surface area contributed by atoms with Crippen LogP contribution in [0.25, 0.3) is 22.4 Å². The van der Waals surface area contributed by atoms with Gasteiger partial charge in [0.05, 0.1) is 12.1 Å². The van der Waals surface area contributed by atoms with E-state index in [4.69, 9.17) is 5.10 Å². The molecule has 0 atom stereocenters. The van der Waals surface area contributed by atoms with Gasteiger partial charge in [0, 0.05) is 29.3 Å². The van der Waals surface area contributed by atoms with E-state index in [1.165, 1.54) is 0 Å². The third kappa shape index (κ3) is 2.79. The molecule has 1 aliphatic heterocycles. The lowest BCUT2D eigenvalue weighted by molar-refractivity contribution is 0.0697. The Labute approximate surface area is 149 Å². The number of benzene rings is 1. The van der Waals surface area contributed by atoms with Crippen LogP contribution in [0.4, 0.5) is 0 Å². The summed E-state index contributed by atoms with van der Waals surface area (Å²) in [5.41, 5.74) is 4.01. The average molecular weight is 360 g/mol. The van der Waals surface area contributed by atoms with Crippen molar-refractivity contribution >= 4 is 30.1 Å². The number of aromatic nitrogens is 3. The Hall–Kier alpha value is -2.31. The van der Waals surface area contributed by atoms with Crippen LogP contribution in [0.2, 0.25) is 0 Å². The van der Waals surface area contributed by atoms with Gasteiger partial charge in [0.2, 0.25) is 0 Å². The third-order valence-electron chi connectivity index (χ3n) is 3.80. The fourth-order valence-corrected chi connectivity index (χ4v) is 3.85. The highest BCUT2D eigenvalue weighted by Gasteiger charge is 2.24. The molecule has 7 heteroatoms. The first kappa shape index (κ1) is 16.5. The predicted octanol–water partition coefficient (Wildman–Crippen LogP) is 3.84. The number of hydrogen-bond acceptors (Lipinski definition) is 4. The van der Waals surface area contributed by atoms with Crippen molar-refractivity contribution in [2.45, 2.75) is 11.6 Å². The second-order valence-electron chi connectivity index (χ2n) is 5.22. The number of aryl methyl sites for hydroxylation is 1. The number of pyridine rings is 1. The van der Waals surface area contributed by atoms with Gasteiger partial charge in [-0.05, 0) is 29.8 Å². The molecule has 0 radical (unpaired) electrons. The van der Waals surface area contributed by atoms with Crippen LogP contribution in [0, 0.1) is 0 Å². The van der Waals surface area contributed by atoms with Gasteiger partial charge in [0.15, 0.2) is 0 Å². The number of halogens is 1. The minimum Gasteiger partial charge on any atom is -0.478 e. The standard InChI is InChI=1S/C17H13N3O2S.ClH/c21-17(22)13-3-1-2-12(10-13)15-14(11-4-6-18-7-5-11)16-20(19-15)8-9-23-16;/h1-7,10H,8-9H2,(H,21,22);1H. The molecule has 0 unspecified atom stereocenters. The van der Waals surface area contributed by atoms with Gasteiger partial charge in [-0.25, -0.2) is 4.79 Å². The summed E-state index contributed by atoms with van der Waals surface area (Å²) in [5, 5.41) is 15.1. The molecule has 1 N–H and O–H groups in total. The van der Waals surface area contributed by atoms with Crippen LogP contribution in [0.1, 0.15) is 10.4 Å². The van der Waals surface area contributed by atoms with E-state index in [-0.39, 0.29) is 18.0 Å². The molecule has 0 fully saturated rings. The quantitative estimate of drug-likeness (QED) is 0.769. The highest BCUT2D eigenvalue weighted by atomic mass is 35.5. The Morgan fingerprint density at radius 2 is 1.96 bits per heavy atom. The topological polar surface area (TPSA) is 68.0 Å². The zero-order valence-electron chi connectivity index (χ0n) is 12.5. The Bertz CT molecular complexity index is 896. The van der Waals surface area contributed by atoms with Gasteiger partial charge in [0.25, 0.3) is 0 Å². The molecular formula is C17H14ClN3O2S. The summed E-state index contributed by atoms with van der Waals surface area (Å²) in [6, 6.07) is 10.8. The van der Waals surface area contributed by atoms with Gasteiger partial charge in [-0.2, -0.15) is 5.10 Å². The van der Waals surface area contributed by atoms with E-state index >= 15 is 0 Å². The number of aromatic carboxylic acids is 1. The number of hydrogen-bond donors (Lipinski definition) is 1. The van der Waals surface area contributed by atoms with Crippen molar-refractivity contribution in [3.05, 3.63) is 54.4 Å². The SMILES string of the molecule is Cl.O=C(O)c1cccc(-c2nn3c(c2-c2ccncc2)SCC3)c1. The van der Waals surface area contributed by atoms with E-state index in [1.54, 1.807) is 42.4 Å². The van der Waals surface area contributed by atoms with Crippen molar-refractivity contribution in [3.8, 4) is 22.4 Å². The second kappa shape index (κ2) is 6.67. The van der Waals surface area contributed by atoms with Gasteiger partial charge in [-0.3, -0.25) is 9.67 Å². The molecule has 3 heterocycles.